The minimum atomic E-state index is -0.00879. The van der Waals surface area contributed by atoms with E-state index in [0.29, 0.717) is 22.3 Å². The second-order valence-electron chi connectivity index (χ2n) is 6.33. The van der Waals surface area contributed by atoms with Gasteiger partial charge in [-0.05, 0) is 42.5 Å². The second kappa shape index (κ2) is 7.70. The van der Waals surface area contributed by atoms with Crippen LogP contribution in [0.15, 0.2) is 66.7 Å². The molecule has 2 N–H and O–H groups in total. The van der Waals surface area contributed by atoms with Crippen LogP contribution in [-0.2, 0) is 0 Å². The topological polar surface area (TPSA) is 107 Å². The average molecular weight is 391 g/mol. The van der Waals surface area contributed by atoms with E-state index in [1.807, 2.05) is 6.07 Å². The number of hydrogen-bond acceptors (Lipinski definition) is 6. The van der Waals surface area contributed by atoms with Gasteiger partial charge in [0.2, 0.25) is 0 Å². The largest absolute Gasteiger partial charge is 0.507 e. The lowest BCUT2D eigenvalue weighted by molar-refractivity contribution is 0.477. The number of nitrogens with zero attached hydrogens (tertiary/aromatic N) is 5. The van der Waals surface area contributed by atoms with E-state index in [-0.39, 0.29) is 34.7 Å². The normalized spacial score (nSPS) is 10.2. The zero-order valence-corrected chi connectivity index (χ0v) is 15.5. The minimum absolute atomic E-state index is 0.00879. The Balaban J connectivity index is 2.00. The van der Waals surface area contributed by atoms with Crippen LogP contribution in [0.1, 0.15) is 5.56 Å². The van der Waals surface area contributed by atoms with E-state index in [4.69, 9.17) is 6.57 Å². The Kier molecular flexibility index (Phi) is 4.78. The molecule has 0 saturated heterocycles. The number of phenolic OH excluding ortho intramolecular Hbond substituents is 2. The van der Waals surface area contributed by atoms with Crippen molar-refractivity contribution in [1.82, 2.24) is 15.0 Å². The van der Waals surface area contributed by atoms with Crippen molar-refractivity contribution in [2.45, 2.75) is 0 Å². The molecule has 3 aromatic carbocycles. The predicted molar refractivity (Wildman–Crippen MR) is 110 cm³/mol. The summed E-state index contributed by atoms with van der Waals surface area (Å²) in [6, 6.07) is 19.9. The monoisotopic (exact) mass is 391 g/mol. The molecule has 0 unspecified atom stereocenters. The van der Waals surface area contributed by atoms with Crippen LogP contribution in [0.3, 0.4) is 0 Å². The van der Waals surface area contributed by atoms with E-state index in [0.717, 1.165) is 0 Å². The van der Waals surface area contributed by atoms with E-state index in [9.17, 15) is 15.5 Å². The van der Waals surface area contributed by atoms with Gasteiger partial charge in [-0.2, -0.15) is 5.26 Å². The molecular formula is C23H13N5O2. The van der Waals surface area contributed by atoms with Crippen LogP contribution in [0.25, 0.3) is 39.0 Å². The van der Waals surface area contributed by atoms with Crippen molar-refractivity contribution in [3.63, 3.8) is 0 Å². The van der Waals surface area contributed by atoms with Crippen molar-refractivity contribution < 1.29 is 10.2 Å². The molecule has 0 saturated carbocycles. The molecule has 1 aromatic heterocycles. The van der Waals surface area contributed by atoms with Gasteiger partial charge < -0.3 is 10.2 Å². The summed E-state index contributed by atoms with van der Waals surface area (Å²) in [4.78, 5) is 16.8. The van der Waals surface area contributed by atoms with Crippen molar-refractivity contribution >= 4 is 5.69 Å². The Morgan fingerprint density at radius 3 is 1.80 bits per heavy atom. The quantitative estimate of drug-likeness (QED) is 0.490. The molecule has 0 aliphatic heterocycles. The fourth-order valence-corrected chi connectivity index (χ4v) is 2.94. The van der Waals surface area contributed by atoms with Crippen molar-refractivity contribution in [1.29, 1.82) is 5.26 Å². The number of aromatic nitrogens is 3. The van der Waals surface area contributed by atoms with Crippen molar-refractivity contribution in [2.24, 2.45) is 0 Å². The first-order valence-corrected chi connectivity index (χ1v) is 8.85. The number of para-hydroxylation sites is 2. The lowest BCUT2D eigenvalue weighted by Crippen LogP contribution is -2.00. The van der Waals surface area contributed by atoms with Gasteiger partial charge in [0.1, 0.15) is 11.5 Å². The second-order valence-corrected chi connectivity index (χ2v) is 6.33. The molecule has 0 spiro atoms. The molecule has 0 fully saturated rings. The number of rotatable bonds is 3. The van der Waals surface area contributed by atoms with Crippen molar-refractivity contribution in [3.05, 3.63) is 83.7 Å². The number of hydrogen-bond donors (Lipinski definition) is 2. The number of benzene rings is 3. The average Bonchev–Trinajstić information content (AvgIpc) is 2.79. The number of aromatic hydroxyl groups is 2. The molecule has 30 heavy (non-hydrogen) atoms. The highest BCUT2D eigenvalue weighted by atomic mass is 16.3. The summed E-state index contributed by atoms with van der Waals surface area (Å²) in [5.74, 6) is 0.589. The lowest BCUT2D eigenvalue weighted by Gasteiger charge is -2.10. The van der Waals surface area contributed by atoms with Crippen LogP contribution in [0, 0.1) is 17.9 Å². The highest BCUT2D eigenvalue weighted by Gasteiger charge is 2.16. The molecule has 0 bridgehead atoms. The van der Waals surface area contributed by atoms with Gasteiger partial charge in [0.25, 0.3) is 0 Å². The Morgan fingerprint density at radius 1 is 0.767 bits per heavy atom. The Morgan fingerprint density at radius 2 is 1.30 bits per heavy atom. The standard InChI is InChI=1S/C23H13N5O2/c1-25-16-11-14(13-24)10-15(12-16)21-26-22(17-6-2-4-8-19(17)29)28-23(27-21)18-7-3-5-9-20(18)30/h2-12,29-30H. The Bertz CT molecular complexity index is 1260. The third-order valence-electron chi connectivity index (χ3n) is 4.36. The first-order chi connectivity index (χ1) is 14.6. The lowest BCUT2D eigenvalue weighted by atomic mass is 10.1. The van der Waals surface area contributed by atoms with E-state index in [2.05, 4.69) is 19.8 Å². The number of phenols is 2. The zero-order valence-electron chi connectivity index (χ0n) is 15.5. The first-order valence-electron chi connectivity index (χ1n) is 8.85. The van der Waals surface area contributed by atoms with Crippen LogP contribution < -0.4 is 0 Å². The van der Waals surface area contributed by atoms with Gasteiger partial charge in [-0.1, -0.05) is 24.3 Å². The van der Waals surface area contributed by atoms with E-state index >= 15 is 0 Å². The van der Waals surface area contributed by atoms with Crippen molar-refractivity contribution in [2.75, 3.05) is 0 Å². The number of nitriles is 1. The van der Waals surface area contributed by atoms with Gasteiger partial charge in [0.05, 0.1) is 23.8 Å². The molecule has 7 heteroatoms. The van der Waals surface area contributed by atoms with E-state index in [1.54, 1.807) is 48.5 Å². The van der Waals surface area contributed by atoms with Gasteiger partial charge in [0.15, 0.2) is 23.2 Å². The predicted octanol–water partition coefficient (Wildman–Crippen LogP) is 4.71. The summed E-state index contributed by atoms with van der Waals surface area (Å²) in [6.07, 6.45) is 0. The molecule has 142 valence electrons. The van der Waals surface area contributed by atoms with Crippen LogP contribution in [-0.4, -0.2) is 25.2 Å². The summed E-state index contributed by atoms with van der Waals surface area (Å²) < 4.78 is 0. The highest BCUT2D eigenvalue weighted by molar-refractivity contribution is 5.73. The van der Waals surface area contributed by atoms with Gasteiger partial charge in [-0.25, -0.2) is 19.8 Å². The van der Waals surface area contributed by atoms with Crippen LogP contribution in [0.5, 0.6) is 11.5 Å². The molecule has 0 aliphatic rings. The highest BCUT2D eigenvalue weighted by Crippen LogP contribution is 2.33. The minimum Gasteiger partial charge on any atom is -0.507 e. The SMILES string of the molecule is [C-]#[N+]c1cc(C#N)cc(-c2nc(-c3ccccc3O)nc(-c3ccccc3O)n2)c1. The zero-order chi connectivity index (χ0) is 21.1. The van der Waals surface area contributed by atoms with Crippen LogP contribution in [0.2, 0.25) is 0 Å². The molecule has 0 atom stereocenters. The molecule has 0 amide bonds. The summed E-state index contributed by atoms with van der Waals surface area (Å²) in [6.45, 7) is 7.28. The Hall–Kier alpha value is -4.75. The maximum atomic E-state index is 10.3. The molecule has 4 aromatic rings. The van der Waals surface area contributed by atoms with Gasteiger partial charge in [0, 0.05) is 11.1 Å². The van der Waals surface area contributed by atoms with E-state index in [1.165, 1.54) is 18.2 Å². The van der Waals surface area contributed by atoms with Crippen LogP contribution in [0.4, 0.5) is 5.69 Å². The molecule has 0 aliphatic carbocycles. The Labute approximate surface area is 172 Å². The third kappa shape index (κ3) is 3.51. The molecular weight excluding hydrogens is 378 g/mol. The van der Waals surface area contributed by atoms with Crippen molar-refractivity contribution in [3.8, 4) is 51.7 Å². The summed E-state index contributed by atoms with van der Waals surface area (Å²) >= 11 is 0. The summed E-state index contributed by atoms with van der Waals surface area (Å²) in [7, 11) is 0. The summed E-state index contributed by atoms with van der Waals surface area (Å²) in [5.41, 5.74) is 1.81. The molecule has 0 radical (unpaired) electrons. The van der Waals surface area contributed by atoms with Crippen LogP contribution >= 0.6 is 0 Å². The fourth-order valence-electron chi connectivity index (χ4n) is 2.94. The molecule has 7 nitrogen and oxygen atoms in total. The van der Waals surface area contributed by atoms with Gasteiger partial charge >= 0.3 is 0 Å². The summed E-state index contributed by atoms with van der Waals surface area (Å²) in [5, 5.41) is 29.8. The smallest absolute Gasteiger partial charge is 0.189 e. The third-order valence-corrected chi connectivity index (χ3v) is 4.36. The maximum absolute atomic E-state index is 10.3. The van der Waals surface area contributed by atoms with E-state index < -0.39 is 0 Å². The van der Waals surface area contributed by atoms with Gasteiger partial charge in [-0.3, -0.25) is 0 Å². The molecule has 1 heterocycles. The fraction of sp³-hybridized carbons (Fsp3) is 0. The van der Waals surface area contributed by atoms with Gasteiger partial charge in [-0.15, -0.1) is 0 Å². The maximum Gasteiger partial charge on any atom is 0.189 e. The first kappa shape index (κ1) is 18.6. The molecule has 4 rings (SSSR count).